The highest BCUT2D eigenvalue weighted by Crippen LogP contribution is 2.38. The molecule has 0 nitrogen and oxygen atoms in total. The van der Waals surface area contributed by atoms with Gasteiger partial charge in [-0.15, -0.1) is 0 Å². The zero-order valence-electron chi connectivity index (χ0n) is 8.05. The lowest BCUT2D eigenvalue weighted by Crippen LogP contribution is -2.02. The van der Waals surface area contributed by atoms with Crippen LogP contribution in [0.5, 0.6) is 0 Å². The van der Waals surface area contributed by atoms with Crippen molar-refractivity contribution in [2.45, 2.75) is 30.5 Å². The highest BCUT2D eigenvalue weighted by Gasteiger charge is 2.28. The van der Waals surface area contributed by atoms with Crippen molar-refractivity contribution in [2.24, 2.45) is 5.92 Å². The van der Waals surface area contributed by atoms with Crippen LogP contribution in [0.2, 0.25) is 5.02 Å². The fraction of sp³-hybridized carbons (Fsp3) is 0.500. The predicted octanol–water partition coefficient (Wildman–Crippen LogP) is 4.45. The first kappa shape index (κ1) is 10.5. The van der Waals surface area contributed by atoms with Gasteiger partial charge < -0.3 is 0 Å². The van der Waals surface area contributed by atoms with Crippen molar-refractivity contribution in [1.29, 1.82) is 0 Å². The summed E-state index contributed by atoms with van der Waals surface area (Å²) in [6.45, 7) is 0. The van der Waals surface area contributed by atoms with E-state index in [1.54, 1.807) is 0 Å². The molecule has 0 spiro atoms. The zero-order valence-corrected chi connectivity index (χ0v) is 10.4. The Bertz CT molecular complexity index is 307. The van der Waals surface area contributed by atoms with E-state index in [1.165, 1.54) is 24.8 Å². The minimum absolute atomic E-state index is 0.693. The predicted molar refractivity (Wildman–Crippen MR) is 65.2 cm³/mol. The Balaban J connectivity index is 1.87. The summed E-state index contributed by atoms with van der Waals surface area (Å²) in [5.74, 6) is 0.928. The van der Waals surface area contributed by atoms with Gasteiger partial charge in [-0.3, -0.25) is 0 Å². The third kappa shape index (κ3) is 2.74. The van der Waals surface area contributed by atoms with E-state index in [-0.39, 0.29) is 0 Å². The Morgan fingerprint density at radius 1 is 1.36 bits per heavy atom. The molecule has 1 fully saturated rings. The molecule has 2 rings (SSSR count). The van der Waals surface area contributed by atoms with E-state index < -0.39 is 0 Å². The van der Waals surface area contributed by atoms with Crippen LogP contribution >= 0.6 is 27.5 Å². The molecule has 0 radical (unpaired) electrons. The van der Waals surface area contributed by atoms with Crippen LogP contribution in [0.4, 0.5) is 0 Å². The molecule has 0 aromatic heterocycles. The van der Waals surface area contributed by atoms with Gasteiger partial charge in [0.2, 0.25) is 0 Å². The van der Waals surface area contributed by atoms with E-state index >= 15 is 0 Å². The summed E-state index contributed by atoms with van der Waals surface area (Å²) >= 11 is 9.83. The number of hydrogen-bond acceptors (Lipinski definition) is 0. The van der Waals surface area contributed by atoms with E-state index in [2.05, 4.69) is 28.1 Å². The average Bonchev–Trinajstić information content (AvgIpc) is 2.99. The summed E-state index contributed by atoms with van der Waals surface area (Å²) in [6, 6.07) is 8.13. The molecule has 0 aliphatic heterocycles. The summed E-state index contributed by atoms with van der Waals surface area (Å²) in [5, 5.41) is 0.906. The molecule has 0 saturated heterocycles. The molecule has 0 heterocycles. The average molecular weight is 274 g/mol. The lowest BCUT2D eigenvalue weighted by molar-refractivity contribution is 0.696. The van der Waals surface area contributed by atoms with Crippen LogP contribution in [0.15, 0.2) is 24.3 Å². The molecular weight excluding hydrogens is 259 g/mol. The second-order valence-electron chi connectivity index (χ2n) is 3.98. The number of alkyl halides is 1. The van der Waals surface area contributed by atoms with Crippen molar-refractivity contribution >= 4 is 27.5 Å². The lowest BCUT2D eigenvalue weighted by Gasteiger charge is -2.08. The third-order valence-electron chi connectivity index (χ3n) is 2.78. The van der Waals surface area contributed by atoms with Gasteiger partial charge in [-0.2, -0.15) is 0 Å². The van der Waals surface area contributed by atoms with Crippen molar-refractivity contribution in [3.8, 4) is 0 Å². The lowest BCUT2D eigenvalue weighted by atomic mass is 10.1. The van der Waals surface area contributed by atoms with Crippen molar-refractivity contribution in [3.63, 3.8) is 0 Å². The molecule has 1 aliphatic rings. The molecule has 14 heavy (non-hydrogen) atoms. The molecule has 1 aromatic carbocycles. The molecule has 1 aromatic rings. The van der Waals surface area contributed by atoms with Crippen molar-refractivity contribution < 1.29 is 0 Å². The van der Waals surface area contributed by atoms with Crippen molar-refractivity contribution in [2.75, 3.05) is 0 Å². The Kier molecular flexibility index (Phi) is 3.51. The Morgan fingerprint density at radius 2 is 2.07 bits per heavy atom. The van der Waals surface area contributed by atoms with Gasteiger partial charge in [0.15, 0.2) is 0 Å². The van der Waals surface area contributed by atoms with Crippen molar-refractivity contribution in [1.82, 2.24) is 0 Å². The molecule has 0 N–H and O–H groups in total. The maximum atomic E-state index is 6.09. The smallest absolute Gasteiger partial charge is 0.0437 e. The maximum absolute atomic E-state index is 6.09. The fourth-order valence-electron chi connectivity index (χ4n) is 1.69. The first-order valence-corrected chi connectivity index (χ1v) is 6.44. The monoisotopic (exact) mass is 272 g/mol. The highest BCUT2D eigenvalue weighted by molar-refractivity contribution is 9.09. The quantitative estimate of drug-likeness (QED) is 0.711. The number of halogens is 2. The van der Waals surface area contributed by atoms with Crippen LogP contribution in [-0.4, -0.2) is 4.83 Å². The van der Waals surface area contributed by atoms with Gasteiger partial charge in [0.05, 0.1) is 0 Å². The van der Waals surface area contributed by atoms with E-state index in [0.717, 1.165) is 17.4 Å². The minimum atomic E-state index is 0.693. The number of benzene rings is 1. The van der Waals surface area contributed by atoms with E-state index in [4.69, 9.17) is 11.6 Å². The van der Waals surface area contributed by atoms with Gasteiger partial charge in [0.1, 0.15) is 0 Å². The van der Waals surface area contributed by atoms with Crippen molar-refractivity contribution in [3.05, 3.63) is 34.9 Å². The Labute approximate surface area is 98.8 Å². The van der Waals surface area contributed by atoms with Crippen LogP contribution in [0.3, 0.4) is 0 Å². The fourth-order valence-corrected chi connectivity index (χ4v) is 2.68. The topological polar surface area (TPSA) is 0 Å². The standard InChI is InChI=1S/C12H14BrCl/c13-11(9-5-6-9)8-7-10-3-1-2-4-12(10)14/h1-4,9,11H,5-8H2. The first-order chi connectivity index (χ1) is 6.77. The van der Waals surface area contributed by atoms with Gasteiger partial charge in [-0.1, -0.05) is 45.7 Å². The third-order valence-corrected chi connectivity index (χ3v) is 4.36. The molecule has 2 heteroatoms. The second-order valence-corrected chi connectivity index (χ2v) is 5.57. The van der Waals surface area contributed by atoms with Gasteiger partial charge in [0, 0.05) is 9.85 Å². The second kappa shape index (κ2) is 4.67. The molecule has 76 valence electrons. The summed E-state index contributed by atoms with van der Waals surface area (Å²) < 4.78 is 0. The molecule has 0 bridgehead atoms. The Hall–Kier alpha value is -0.0100. The normalized spacial score (nSPS) is 18.1. The molecule has 1 atom stereocenters. The summed E-state index contributed by atoms with van der Waals surface area (Å²) in [4.78, 5) is 0.693. The SMILES string of the molecule is Clc1ccccc1CCC(Br)C1CC1. The van der Waals surface area contributed by atoms with Crippen LogP contribution in [-0.2, 0) is 6.42 Å². The number of hydrogen-bond donors (Lipinski definition) is 0. The molecule has 1 unspecified atom stereocenters. The summed E-state index contributed by atoms with van der Waals surface area (Å²) in [7, 11) is 0. The van der Waals surface area contributed by atoms with Gasteiger partial charge in [-0.05, 0) is 43.2 Å². The van der Waals surface area contributed by atoms with Crippen LogP contribution < -0.4 is 0 Å². The first-order valence-electron chi connectivity index (χ1n) is 5.15. The summed E-state index contributed by atoms with van der Waals surface area (Å²) in [6.07, 6.45) is 5.09. The largest absolute Gasteiger partial charge is 0.0888 e. The van der Waals surface area contributed by atoms with Crippen LogP contribution in [0, 0.1) is 5.92 Å². The number of rotatable bonds is 4. The highest BCUT2D eigenvalue weighted by atomic mass is 79.9. The molecule has 1 aliphatic carbocycles. The van der Waals surface area contributed by atoms with E-state index in [0.29, 0.717) is 4.83 Å². The van der Waals surface area contributed by atoms with E-state index in [9.17, 15) is 0 Å². The zero-order chi connectivity index (χ0) is 9.97. The Morgan fingerprint density at radius 3 is 2.71 bits per heavy atom. The van der Waals surface area contributed by atoms with Crippen LogP contribution in [0.1, 0.15) is 24.8 Å². The minimum Gasteiger partial charge on any atom is -0.0888 e. The molecular formula is C12H14BrCl. The van der Waals surface area contributed by atoms with Gasteiger partial charge in [0.25, 0.3) is 0 Å². The van der Waals surface area contributed by atoms with Crippen LogP contribution in [0.25, 0.3) is 0 Å². The summed E-state index contributed by atoms with van der Waals surface area (Å²) in [5.41, 5.74) is 1.28. The number of aryl methyl sites for hydroxylation is 1. The van der Waals surface area contributed by atoms with Gasteiger partial charge >= 0.3 is 0 Å². The van der Waals surface area contributed by atoms with E-state index in [1.807, 2.05) is 12.1 Å². The molecule has 1 saturated carbocycles. The molecule has 0 amide bonds. The maximum Gasteiger partial charge on any atom is 0.0437 e. The van der Waals surface area contributed by atoms with Gasteiger partial charge in [-0.25, -0.2) is 0 Å².